The normalized spacial score (nSPS) is 12.6. The van der Waals surface area contributed by atoms with Crippen molar-refractivity contribution in [2.45, 2.75) is 69.1 Å². The number of rotatable bonds is 7. The third-order valence-corrected chi connectivity index (χ3v) is 6.42. The van der Waals surface area contributed by atoms with E-state index in [-0.39, 0.29) is 0 Å². The molecule has 0 aliphatic carbocycles. The summed E-state index contributed by atoms with van der Waals surface area (Å²) in [5, 5.41) is 14.9. The Morgan fingerprint density at radius 2 is 1.62 bits per heavy atom. The SMILES string of the molecule is CC(C)(C)OC(=O)NCCNc1ccc2c3c(nn2CCNC(=O)OC(C)(C)C)-c2cnccc2Sc13. The minimum Gasteiger partial charge on any atom is -0.444 e. The minimum atomic E-state index is -0.553. The van der Waals surface area contributed by atoms with Gasteiger partial charge < -0.3 is 25.4 Å². The summed E-state index contributed by atoms with van der Waals surface area (Å²) in [4.78, 5) is 30.5. The van der Waals surface area contributed by atoms with E-state index in [1.165, 1.54) is 0 Å². The summed E-state index contributed by atoms with van der Waals surface area (Å²) in [7, 11) is 0. The highest BCUT2D eigenvalue weighted by Gasteiger charge is 2.26. The maximum absolute atomic E-state index is 12.1. The number of pyridine rings is 1. The predicted molar refractivity (Wildman–Crippen MR) is 144 cm³/mol. The summed E-state index contributed by atoms with van der Waals surface area (Å²) in [6.45, 7) is 12.8. The van der Waals surface area contributed by atoms with Gasteiger partial charge in [-0.1, -0.05) is 11.8 Å². The van der Waals surface area contributed by atoms with E-state index in [2.05, 4.69) is 20.9 Å². The van der Waals surface area contributed by atoms with Crippen molar-refractivity contribution in [3.8, 4) is 11.3 Å². The van der Waals surface area contributed by atoms with Crippen molar-refractivity contribution in [2.24, 2.45) is 0 Å². The van der Waals surface area contributed by atoms with Crippen LogP contribution in [0.3, 0.4) is 0 Å². The van der Waals surface area contributed by atoms with Gasteiger partial charge in [-0.2, -0.15) is 5.10 Å². The molecule has 0 radical (unpaired) electrons. The molecule has 2 amide bonds. The number of nitrogens with zero attached hydrogens (tertiary/aromatic N) is 3. The number of fused-ring (bicyclic) bond motifs is 2. The summed E-state index contributed by atoms with van der Waals surface area (Å²) in [6.07, 6.45) is 2.72. The molecule has 4 rings (SSSR count). The monoisotopic (exact) mass is 526 g/mol. The second-order valence-corrected chi connectivity index (χ2v) is 11.7. The molecule has 0 saturated carbocycles. The molecule has 11 heteroatoms. The van der Waals surface area contributed by atoms with Gasteiger partial charge in [-0.25, -0.2) is 9.59 Å². The Morgan fingerprint density at radius 3 is 2.30 bits per heavy atom. The zero-order valence-electron chi connectivity index (χ0n) is 22.1. The molecule has 3 heterocycles. The lowest BCUT2D eigenvalue weighted by Gasteiger charge is -2.20. The highest BCUT2D eigenvalue weighted by atomic mass is 32.2. The fourth-order valence-electron chi connectivity index (χ4n) is 3.86. The molecular formula is C26H34N6O4S. The highest BCUT2D eigenvalue weighted by molar-refractivity contribution is 8.00. The molecule has 0 fully saturated rings. The van der Waals surface area contributed by atoms with Crippen LogP contribution in [0, 0.1) is 0 Å². The third kappa shape index (κ3) is 6.65. The van der Waals surface area contributed by atoms with E-state index in [0.717, 1.165) is 37.6 Å². The average Bonchev–Trinajstić information content (AvgIpc) is 3.15. The molecule has 1 aliphatic heterocycles. The number of hydrogen-bond donors (Lipinski definition) is 3. The van der Waals surface area contributed by atoms with Crippen molar-refractivity contribution in [2.75, 3.05) is 25.0 Å². The molecule has 2 aromatic heterocycles. The van der Waals surface area contributed by atoms with E-state index < -0.39 is 23.4 Å². The van der Waals surface area contributed by atoms with Crippen LogP contribution < -0.4 is 16.0 Å². The number of aromatic nitrogens is 3. The van der Waals surface area contributed by atoms with Crippen molar-refractivity contribution in [1.29, 1.82) is 0 Å². The number of anilines is 1. The molecule has 0 unspecified atom stereocenters. The van der Waals surface area contributed by atoms with Crippen LogP contribution >= 0.6 is 11.8 Å². The van der Waals surface area contributed by atoms with Gasteiger partial charge in [0.1, 0.15) is 16.9 Å². The smallest absolute Gasteiger partial charge is 0.407 e. The first-order valence-corrected chi connectivity index (χ1v) is 13.1. The van der Waals surface area contributed by atoms with E-state index in [1.54, 1.807) is 18.0 Å². The van der Waals surface area contributed by atoms with Crippen LogP contribution in [0.4, 0.5) is 15.3 Å². The van der Waals surface area contributed by atoms with Gasteiger partial charge in [0.25, 0.3) is 0 Å². The van der Waals surface area contributed by atoms with Crippen LogP contribution in [0.25, 0.3) is 22.2 Å². The summed E-state index contributed by atoms with van der Waals surface area (Å²) < 4.78 is 12.5. The predicted octanol–water partition coefficient (Wildman–Crippen LogP) is 5.02. The van der Waals surface area contributed by atoms with Crippen molar-refractivity contribution in [3.63, 3.8) is 0 Å². The van der Waals surface area contributed by atoms with Crippen molar-refractivity contribution in [3.05, 3.63) is 30.6 Å². The number of hydrogen-bond acceptors (Lipinski definition) is 8. The minimum absolute atomic E-state index is 0.379. The van der Waals surface area contributed by atoms with Crippen LogP contribution in [-0.2, 0) is 16.0 Å². The summed E-state index contributed by atoms with van der Waals surface area (Å²) in [5.41, 5.74) is 2.68. The lowest BCUT2D eigenvalue weighted by atomic mass is 10.1. The van der Waals surface area contributed by atoms with E-state index in [9.17, 15) is 9.59 Å². The zero-order chi connectivity index (χ0) is 26.8. The Hall–Kier alpha value is -3.47. The van der Waals surface area contributed by atoms with E-state index in [4.69, 9.17) is 14.6 Å². The van der Waals surface area contributed by atoms with E-state index in [1.807, 2.05) is 70.6 Å². The molecule has 0 atom stereocenters. The quantitative estimate of drug-likeness (QED) is 0.287. The molecule has 0 saturated heterocycles. The Labute approximate surface area is 220 Å². The number of nitrogens with one attached hydrogen (secondary N) is 3. The van der Waals surface area contributed by atoms with Gasteiger partial charge in [-0.05, 0) is 59.7 Å². The Bertz CT molecular complexity index is 1310. The van der Waals surface area contributed by atoms with Crippen molar-refractivity contribution < 1.29 is 19.1 Å². The first-order chi connectivity index (χ1) is 17.4. The number of benzene rings is 1. The Morgan fingerprint density at radius 1 is 0.946 bits per heavy atom. The maximum Gasteiger partial charge on any atom is 0.407 e. The highest BCUT2D eigenvalue weighted by Crippen LogP contribution is 2.50. The lowest BCUT2D eigenvalue weighted by Crippen LogP contribution is -2.35. The van der Waals surface area contributed by atoms with Gasteiger partial charge in [0.05, 0.1) is 12.1 Å². The first-order valence-electron chi connectivity index (χ1n) is 12.2. The molecule has 0 spiro atoms. The molecule has 37 heavy (non-hydrogen) atoms. The van der Waals surface area contributed by atoms with E-state index >= 15 is 0 Å². The first kappa shape index (κ1) is 26.6. The van der Waals surface area contributed by atoms with Gasteiger partial charge in [-0.3, -0.25) is 9.67 Å². The molecule has 10 nitrogen and oxygen atoms in total. The zero-order valence-corrected chi connectivity index (χ0v) is 22.9. The number of amides is 2. The molecule has 0 bridgehead atoms. The van der Waals surface area contributed by atoms with Gasteiger partial charge >= 0.3 is 12.2 Å². The number of carbonyl (C=O) groups excluding carboxylic acids is 2. The fraction of sp³-hybridized carbons (Fsp3) is 0.462. The van der Waals surface area contributed by atoms with Gasteiger partial charge in [0, 0.05) is 58.5 Å². The lowest BCUT2D eigenvalue weighted by molar-refractivity contribution is 0.0516. The molecule has 3 aromatic rings. The second-order valence-electron chi connectivity index (χ2n) is 10.7. The maximum atomic E-state index is 12.1. The van der Waals surface area contributed by atoms with Crippen LogP contribution in [-0.4, -0.2) is 57.8 Å². The fourth-order valence-corrected chi connectivity index (χ4v) is 5.02. The molecular weight excluding hydrogens is 492 g/mol. The van der Waals surface area contributed by atoms with Gasteiger partial charge in [-0.15, -0.1) is 0 Å². The van der Waals surface area contributed by atoms with Crippen LogP contribution in [0.2, 0.25) is 0 Å². The van der Waals surface area contributed by atoms with Crippen LogP contribution in [0.5, 0.6) is 0 Å². The average molecular weight is 527 g/mol. The summed E-state index contributed by atoms with van der Waals surface area (Å²) in [5.74, 6) is 0. The number of carbonyl (C=O) groups is 2. The van der Waals surface area contributed by atoms with Crippen molar-refractivity contribution >= 4 is 40.5 Å². The summed E-state index contributed by atoms with van der Waals surface area (Å²) in [6, 6.07) is 6.03. The van der Waals surface area contributed by atoms with Crippen LogP contribution in [0.1, 0.15) is 41.5 Å². The molecule has 198 valence electrons. The molecule has 3 N–H and O–H groups in total. The second kappa shape index (κ2) is 10.5. The van der Waals surface area contributed by atoms with E-state index in [0.29, 0.717) is 26.2 Å². The van der Waals surface area contributed by atoms with Gasteiger partial charge in [0.2, 0.25) is 0 Å². The Kier molecular flexibility index (Phi) is 7.54. The Balaban J connectivity index is 1.52. The summed E-state index contributed by atoms with van der Waals surface area (Å²) >= 11 is 1.66. The molecule has 1 aromatic carbocycles. The van der Waals surface area contributed by atoms with Crippen molar-refractivity contribution in [1.82, 2.24) is 25.4 Å². The number of alkyl carbamates (subject to hydrolysis) is 2. The third-order valence-electron chi connectivity index (χ3n) is 5.22. The largest absolute Gasteiger partial charge is 0.444 e. The standard InChI is InChI=1S/C26H34N6O4S/c1-25(2,3)35-23(33)29-12-11-28-17-7-8-18-20-21(16-15-27-10-9-19(16)37-22(17)20)31-32(18)14-13-30-24(34)36-26(4,5)6/h7-10,15,28H,11-14H2,1-6H3,(H,29,33)(H,30,34). The van der Waals surface area contributed by atoms with Crippen LogP contribution in [0.15, 0.2) is 40.4 Å². The molecule has 1 aliphatic rings. The topological polar surface area (TPSA) is 119 Å². The number of ether oxygens (including phenoxy) is 2. The van der Waals surface area contributed by atoms with Gasteiger partial charge in [0.15, 0.2) is 0 Å².